The summed E-state index contributed by atoms with van der Waals surface area (Å²) in [5.74, 6) is -0.531. The molecular formula is C16H14ClN3O2. The minimum Gasteiger partial charge on any atom is -0.305 e. The van der Waals surface area contributed by atoms with E-state index in [1.807, 2.05) is 24.4 Å². The second kappa shape index (κ2) is 4.95. The summed E-state index contributed by atoms with van der Waals surface area (Å²) in [6.45, 7) is 0.226. The molecule has 2 aliphatic rings. The summed E-state index contributed by atoms with van der Waals surface area (Å²) < 4.78 is 1.80. The van der Waals surface area contributed by atoms with Crippen molar-refractivity contribution in [1.82, 2.24) is 14.3 Å². The molecule has 1 aliphatic carbocycles. The molecule has 0 saturated carbocycles. The highest BCUT2D eigenvalue weighted by Crippen LogP contribution is 2.35. The van der Waals surface area contributed by atoms with Gasteiger partial charge in [0.2, 0.25) is 11.8 Å². The minimum absolute atomic E-state index is 0.0746. The molecule has 2 aromatic rings. The Morgan fingerprint density at radius 2 is 1.77 bits per heavy atom. The Bertz CT molecular complexity index is 785. The van der Waals surface area contributed by atoms with Crippen LogP contribution in [0.15, 0.2) is 36.7 Å². The summed E-state index contributed by atoms with van der Waals surface area (Å²) in [7, 11) is 0. The van der Waals surface area contributed by atoms with Gasteiger partial charge in [0.15, 0.2) is 0 Å². The van der Waals surface area contributed by atoms with E-state index in [1.54, 1.807) is 16.7 Å². The van der Waals surface area contributed by atoms with Crippen molar-refractivity contribution in [2.75, 3.05) is 0 Å². The number of allylic oxidation sites excluding steroid dienone is 2. The van der Waals surface area contributed by atoms with E-state index in [1.165, 1.54) is 4.90 Å². The normalized spacial score (nSPS) is 24.3. The van der Waals surface area contributed by atoms with Crippen molar-refractivity contribution in [2.45, 2.75) is 19.4 Å². The van der Waals surface area contributed by atoms with Crippen molar-refractivity contribution in [3.63, 3.8) is 0 Å². The number of aromatic nitrogens is 2. The highest BCUT2D eigenvalue weighted by atomic mass is 35.5. The fraction of sp³-hybridized carbons (Fsp3) is 0.312. The van der Waals surface area contributed by atoms with Crippen molar-refractivity contribution in [3.8, 4) is 0 Å². The number of imide groups is 1. The number of nitrogens with zero attached hydrogens (tertiary/aromatic N) is 3. The molecule has 0 bridgehead atoms. The maximum absolute atomic E-state index is 12.4. The zero-order valence-electron chi connectivity index (χ0n) is 11.8. The number of hydrogen-bond donors (Lipinski definition) is 0. The Labute approximate surface area is 132 Å². The number of fused-ring (bicyclic) bond motifs is 2. The Hall–Kier alpha value is -2.14. The third-order valence-corrected chi connectivity index (χ3v) is 4.61. The maximum atomic E-state index is 12.4. The fourth-order valence-corrected chi connectivity index (χ4v) is 3.45. The second-order valence-electron chi connectivity index (χ2n) is 5.76. The molecule has 112 valence electrons. The third-order valence-electron chi connectivity index (χ3n) is 4.38. The van der Waals surface area contributed by atoms with E-state index in [9.17, 15) is 9.59 Å². The Morgan fingerprint density at radius 3 is 2.45 bits per heavy atom. The molecule has 2 atom stereocenters. The lowest BCUT2D eigenvalue weighted by Gasteiger charge is -2.14. The molecule has 6 heteroatoms. The number of imidazole rings is 1. The van der Waals surface area contributed by atoms with Crippen LogP contribution in [0.3, 0.4) is 0 Å². The van der Waals surface area contributed by atoms with E-state index in [4.69, 9.17) is 11.6 Å². The number of carbonyl (C=O) groups is 2. The third kappa shape index (κ3) is 2.04. The van der Waals surface area contributed by atoms with Gasteiger partial charge in [-0.15, -0.1) is 0 Å². The molecule has 2 amide bonds. The van der Waals surface area contributed by atoms with Crippen LogP contribution in [0.4, 0.5) is 0 Å². The summed E-state index contributed by atoms with van der Waals surface area (Å²) >= 11 is 5.95. The number of carbonyl (C=O) groups excluding carboxylic acids is 2. The Kier molecular flexibility index (Phi) is 3.04. The van der Waals surface area contributed by atoms with Crippen LogP contribution in [0.25, 0.3) is 5.65 Å². The molecule has 2 unspecified atom stereocenters. The first-order chi connectivity index (χ1) is 10.6. The van der Waals surface area contributed by atoms with Crippen molar-refractivity contribution in [1.29, 1.82) is 0 Å². The largest absolute Gasteiger partial charge is 0.305 e. The smallest absolute Gasteiger partial charge is 0.233 e. The topological polar surface area (TPSA) is 54.7 Å². The van der Waals surface area contributed by atoms with Gasteiger partial charge in [0.05, 0.1) is 29.1 Å². The number of hydrogen-bond acceptors (Lipinski definition) is 3. The Balaban J connectivity index is 1.62. The number of likely N-dealkylation sites (tertiary alicyclic amines) is 1. The van der Waals surface area contributed by atoms with Crippen LogP contribution in [-0.2, 0) is 16.1 Å². The predicted octanol–water partition coefficient (Wildman–Crippen LogP) is 2.44. The van der Waals surface area contributed by atoms with Crippen LogP contribution in [0.5, 0.6) is 0 Å². The molecule has 1 saturated heterocycles. The summed E-state index contributed by atoms with van der Waals surface area (Å²) in [4.78, 5) is 30.7. The first kappa shape index (κ1) is 13.5. The van der Waals surface area contributed by atoms with Gasteiger partial charge in [0.1, 0.15) is 5.65 Å². The molecule has 1 fully saturated rings. The molecule has 2 aromatic heterocycles. The van der Waals surface area contributed by atoms with Gasteiger partial charge >= 0.3 is 0 Å². The van der Waals surface area contributed by atoms with Crippen LogP contribution < -0.4 is 0 Å². The summed E-state index contributed by atoms with van der Waals surface area (Å²) in [6, 6.07) is 3.57. The standard InChI is InChI=1S/C16H14ClN3O2/c17-10-5-6-14-18-11(8-19(14)7-10)9-20-15(21)12-3-1-2-4-13(12)16(20)22/h1-2,5-8,12-13H,3-4,9H2. The lowest BCUT2D eigenvalue weighted by Crippen LogP contribution is -2.30. The first-order valence-corrected chi connectivity index (χ1v) is 7.64. The SMILES string of the molecule is O=C1C2CC=CCC2C(=O)N1Cc1cn2cc(Cl)ccc2n1. The van der Waals surface area contributed by atoms with Crippen LogP contribution in [0.2, 0.25) is 5.02 Å². The molecule has 1 aliphatic heterocycles. The van der Waals surface area contributed by atoms with Gasteiger partial charge in [-0.05, 0) is 25.0 Å². The predicted molar refractivity (Wildman–Crippen MR) is 81.1 cm³/mol. The minimum atomic E-state index is -0.191. The van der Waals surface area contributed by atoms with Gasteiger partial charge in [-0.1, -0.05) is 23.8 Å². The molecule has 22 heavy (non-hydrogen) atoms. The number of pyridine rings is 1. The zero-order chi connectivity index (χ0) is 15.3. The molecule has 5 nitrogen and oxygen atoms in total. The molecular weight excluding hydrogens is 302 g/mol. The lowest BCUT2D eigenvalue weighted by molar-refractivity contribution is -0.140. The highest BCUT2D eigenvalue weighted by molar-refractivity contribution is 6.30. The van der Waals surface area contributed by atoms with E-state index in [0.29, 0.717) is 23.6 Å². The zero-order valence-corrected chi connectivity index (χ0v) is 12.5. The quantitative estimate of drug-likeness (QED) is 0.632. The van der Waals surface area contributed by atoms with Crippen LogP contribution in [0.1, 0.15) is 18.5 Å². The van der Waals surface area contributed by atoms with Gasteiger partial charge in [-0.3, -0.25) is 14.5 Å². The molecule has 0 spiro atoms. The number of amides is 2. The van der Waals surface area contributed by atoms with Crippen LogP contribution >= 0.6 is 11.6 Å². The summed E-state index contributed by atoms with van der Waals surface area (Å²) in [6.07, 6.45) is 8.86. The second-order valence-corrected chi connectivity index (χ2v) is 6.20. The summed E-state index contributed by atoms with van der Waals surface area (Å²) in [5, 5.41) is 0.613. The van der Waals surface area contributed by atoms with Crippen molar-refractivity contribution >= 4 is 29.1 Å². The van der Waals surface area contributed by atoms with E-state index in [-0.39, 0.29) is 30.2 Å². The lowest BCUT2D eigenvalue weighted by atomic mass is 9.85. The number of halogens is 1. The molecule has 3 heterocycles. The van der Waals surface area contributed by atoms with E-state index < -0.39 is 0 Å². The maximum Gasteiger partial charge on any atom is 0.233 e. The first-order valence-electron chi connectivity index (χ1n) is 7.27. The van der Waals surface area contributed by atoms with Crippen LogP contribution in [0, 0.1) is 11.8 Å². The molecule has 0 N–H and O–H groups in total. The fourth-order valence-electron chi connectivity index (χ4n) is 3.28. The number of rotatable bonds is 2. The monoisotopic (exact) mass is 315 g/mol. The van der Waals surface area contributed by atoms with Crippen LogP contribution in [-0.4, -0.2) is 26.1 Å². The van der Waals surface area contributed by atoms with Gasteiger partial charge in [0.25, 0.3) is 0 Å². The van der Waals surface area contributed by atoms with E-state index >= 15 is 0 Å². The van der Waals surface area contributed by atoms with Crippen molar-refractivity contribution in [3.05, 3.63) is 47.4 Å². The van der Waals surface area contributed by atoms with Gasteiger partial charge in [0, 0.05) is 12.4 Å². The highest BCUT2D eigenvalue weighted by Gasteiger charge is 2.47. The van der Waals surface area contributed by atoms with Gasteiger partial charge < -0.3 is 4.40 Å². The molecule has 4 rings (SSSR count). The van der Waals surface area contributed by atoms with Gasteiger partial charge in [-0.25, -0.2) is 4.98 Å². The molecule has 0 radical (unpaired) electrons. The van der Waals surface area contributed by atoms with E-state index in [0.717, 1.165) is 5.65 Å². The van der Waals surface area contributed by atoms with Gasteiger partial charge in [-0.2, -0.15) is 0 Å². The average Bonchev–Trinajstić information content (AvgIpc) is 3.02. The van der Waals surface area contributed by atoms with Crippen molar-refractivity contribution < 1.29 is 9.59 Å². The molecule has 0 aromatic carbocycles. The Morgan fingerprint density at radius 1 is 1.09 bits per heavy atom. The van der Waals surface area contributed by atoms with E-state index in [2.05, 4.69) is 4.98 Å². The average molecular weight is 316 g/mol. The summed E-state index contributed by atoms with van der Waals surface area (Å²) in [5.41, 5.74) is 1.44. The van der Waals surface area contributed by atoms with Crippen molar-refractivity contribution in [2.24, 2.45) is 11.8 Å².